The number of phosphoric acid groups is 3. The number of nitrogens with two attached hydrogens (primary N) is 2. The third-order valence-corrected chi connectivity index (χ3v) is 8.16. The van der Waals surface area contributed by atoms with Crippen molar-refractivity contribution in [1.82, 2.24) is 9.55 Å². The molecule has 0 aliphatic carbocycles. The van der Waals surface area contributed by atoms with E-state index in [2.05, 4.69) is 24.7 Å². The van der Waals surface area contributed by atoms with Gasteiger partial charge < -0.3 is 45.3 Å². The molecular weight excluding hydrogens is 565 g/mol. The summed E-state index contributed by atoms with van der Waals surface area (Å²) in [5, 5.41) is 0. The normalized spacial score (nSPS) is 23.6. The first-order valence-corrected chi connectivity index (χ1v) is 14.7. The van der Waals surface area contributed by atoms with Gasteiger partial charge in [0, 0.05) is 24.7 Å². The minimum Gasteiger partial charge on any atom is -0.383 e. The number of phosphoric ester groups is 1. The molecule has 1 aliphatic rings. The Hall–Kier alpha value is -1.59. The summed E-state index contributed by atoms with van der Waals surface area (Å²) in [4.78, 5) is 52.4. The van der Waals surface area contributed by atoms with Gasteiger partial charge in [0.1, 0.15) is 24.9 Å². The van der Waals surface area contributed by atoms with Gasteiger partial charge in [0.25, 0.3) is 0 Å². The van der Waals surface area contributed by atoms with Crippen molar-refractivity contribution in [2.24, 2.45) is 5.73 Å². The van der Waals surface area contributed by atoms with E-state index in [1.54, 1.807) is 6.08 Å². The molecule has 1 aromatic heterocycles. The van der Waals surface area contributed by atoms with Crippen molar-refractivity contribution in [3.63, 3.8) is 0 Å². The lowest BCUT2D eigenvalue weighted by Gasteiger charge is -2.21. The summed E-state index contributed by atoms with van der Waals surface area (Å²) in [6.45, 7) is 2.75. The molecule has 0 saturated carbocycles. The molecule has 8 N–H and O–H groups in total. The molecule has 5 atom stereocenters. The average molecular weight is 592 g/mol. The summed E-state index contributed by atoms with van der Waals surface area (Å²) in [6.07, 6.45) is 2.82. The molecular formula is C16H27N4O14P3. The van der Waals surface area contributed by atoms with Gasteiger partial charge in [-0.05, 0) is 0 Å². The number of hydrogen-bond donors (Lipinski definition) is 6. The molecule has 0 bridgehead atoms. The van der Waals surface area contributed by atoms with Crippen LogP contribution in [0.1, 0.15) is 18.2 Å². The third-order valence-electron chi connectivity index (χ3n) is 4.35. The Kier molecular flexibility index (Phi) is 11.5. The van der Waals surface area contributed by atoms with Crippen LogP contribution in [-0.2, 0) is 41.1 Å². The molecule has 210 valence electrons. The van der Waals surface area contributed by atoms with Crippen LogP contribution >= 0.6 is 23.5 Å². The zero-order valence-corrected chi connectivity index (χ0v) is 21.7. The first-order chi connectivity index (χ1) is 17.2. The van der Waals surface area contributed by atoms with Gasteiger partial charge in [-0.25, -0.2) is 18.5 Å². The van der Waals surface area contributed by atoms with E-state index in [4.69, 9.17) is 35.5 Å². The monoisotopic (exact) mass is 592 g/mol. The van der Waals surface area contributed by atoms with E-state index < -0.39 is 54.2 Å². The number of nitrogen functional groups attached to an aromatic ring is 1. The number of ether oxygens (including phenoxy) is 3. The van der Waals surface area contributed by atoms with Crippen LogP contribution in [0.2, 0.25) is 0 Å². The minimum atomic E-state index is -5.71. The second kappa shape index (κ2) is 13.5. The highest BCUT2D eigenvalue weighted by molar-refractivity contribution is 7.66. The van der Waals surface area contributed by atoms with Crippen LogP contribution in [-0.4, -0.2) is 67.9 Å². The van der Waals surface area contributed by atoms with Crippen molar-refractivity contribution in [1.29, 1.82) is 0 Å². The maximum atomic E-state index is 12.4. The lowest BCUT2D eigenvalue weighted by molar-refractivity contribution is -0.113. The van der Waals surface area contributed by atoms with E-state index in [-0.39, 0.29) is 32.2 Å². The van der Waals surface area contributed by atoms with Crippen molar-refractivity contribution < 1.29 is 60.6 Å². The Labute approximate surface area is 209 Å². The Morgan fingerprint density at radius 2 is 1.92 bits per heavy atom. The highest BCUT2D eigenvalue weighted by atomic mass is 31.3. The van der Waals surface area contributed by atoms with E-state index in [0.29, 0.717) is 5.56 Å². The van der Waals surface area contributed by atoms with E-state index in [1.165, 1.54) is 18.3 Å². The summed E-state index contributed by atoms with van der Waals surface area (Å²) in [5.74, 6) is -0.0567. The molecule has 18 nitrogen and oxygen atoms in total. The van der Waals surface area contributed by atoms with Crippen LogP contribution < -0.4 is 17.2 Å². The maximum Gasteiger partial charge on any atom is 0.490 e. The fraction of sp³-hybridized carbons (Fsp3) is 0.500. The van der Waals surface area contributed by atoms with Gasteiger partial charge in [0.15, 0.2) is 0 Å². The summed E-state index contributed by atoms with van der Waals surface area (Å²) in [7, 11) is -16.7. The number of anilines is 1. The molecule has 1 saturated heterocycles. The van der Waals surface area contributed by atoms with Gasteiger partial charge >= 0.3 is 29.2 Å². The fourth-order valence-electron chi connectivity index (χ4n) is 2.96. The summed E-state index contributed by atoms with van der Waals surface area (Å²) >= 11 is 0. The molecule has 1 fully saturated rings. The predicted molar refractivity (Wildman–Crippen MR) is 125 cm³/mol. The number of aromatic nitrogens is 2. The second-order valence-corrected chi connectivity index (χ2v) is 11.6. The molecule has 0 amide bonds. The zero-order chi connectivity index (χ0) is 27.9. The Balaban J connectivity index is 2.20. The summed E-state index contributed by atoms with van der Waals surface area (Å²) in [6, 6.07) is 0. The first kappa shape index (κ1) is 31.6. The quantitative estimate of drug-likeness (QED) is 0.0675. The van der Waals surface area contributed by atoms with Crippen LogP contribution in [0.3, 0.4) is 0 Å². The van der Waals surface area contributed by atoms with Crippen molar-refractivity contribution in [2.45, 2.75) is 24.9 Å². The third kappa shape index (κ3) is 10.6. The summed E-state index contributed by atoms with van der Waals surface area (Å²) in [5.41, 5.74) is 10.8. The van der Waals surface area contributed by atoms with Crippen molar-refractivity contribution in [3.05, 3.63) is 41.0 Å². The predicted octanol–water partition coefficient (Wildman–Crippen LogP) is -0.0265. The lowest BCUT2D eigenvalue weighted by Crippen LogP contribution is -2.30. The standard InChI is InChI=1S/C16H27N4O14P3/c1-2-6-29-10-30-12-7-14(20-8-11(4-3-5-17)15(18)19-16(20)21)32-13(12)9-31-36(25,26)34-37(27,28)33-35(22,23)24/h2-4,8,12-14H,1,5-7,9-10,17H2,(H,25,26)(H,27,28)(H2,18,19,21)(H2,22,23,24)/b4-3+/t12?,13-,14-/m1/s1. The Morgan fingerprint density at radius 1 is 1.22 bits per heavy atom. The molecule has 2 rings (SSSR count). The van der Waals surface area contributed by atoms with E-state index in [1.807, 2.05) is 0 Å². The van der Waals surface area contributed by atoms with E-state index in [9.17, 15) is 28.3 Å². The van der Waals surface area contributed by atoms with Crippen molar-refractivity contribution >= 4 is 35.4 Å². The van der Waals surface area contributed by atoms with Crippen molar-refractivity contribution in [3.8, 4) is 0 Å². The van der Waals surface area contributed by atoms with Crippen molar-refractivity contribution in [2.75, 3.05) is 32.3 Å². The smallest absolute Gasteiger partial charge is 0.383 e. The SMILES string of the molecule is C=CCOCOC1C[C@H](n2cc(/C=C/CN)c(N)nc2=O)O[C@@H]1COP(=O)(O)OP(=O)(O)OP(=O)(O)O. The molecule has 1 aliphatic heterocycles. The molecule has 1 aromatic rings. The topological polar surface area (TPSA) is 274 Å². The first-order valence-electron chi connectivity index (χ1n) is 10.2. The van der Waals surface area contributed by atoms with Crippen LogP contribution in [0.25, 0.3) is 6.08 Å². The molecule has 21 heteroatoms. The highest BCUT2D eigenvalue weighted by Crippen LogP contribution is 2.66. The highest BCUT2D eigenvalue weighted by Gasteiger charge is 2.43. The van der Waals surface area contributed by atoms with Crippen LogP contribution in [0, 0.1) is 0 Å². The van der Waals surface area contributed by atoms with Crippen LogP contribution in [0.15, 0.2) is 29.7 Å². The average Bonchev–Trinajstić information content (AvgIpc) is 3.15. The summed E-state index contributed by atoms with van der Waals surface area (Å²) < 4.78 is 63.9. The van der Waals surface area contributed by atoms with Gasteiger partial charge in [0.2, 0.25) is 0 Å². The fourth-order valence-corrected chi connectivity index (χ4v) is 5.99. The Bertz CT molecular complexity index is 1170. The molecule has 0 radical (unpaired) electrons. The van der Waals surface area contributed by atoms with Gasteiger partial charge in [-0.15, -0.1) is 6.58 Å². The second-order valence-electron chi connectivity index (χ2n) is 7.14. The number of nitrogens with zero attached hydrogens (tertiary/aromatic N) is 2. The molecule has 37 heavy (non-hydrogen) atoms. The molecule has 2 heterocycles. The van der Waals surface area contributed by atoms with Crippen LogP contribution in [0.4, 0.5) is 5.82 Å². The number of hydrogen-bond acceptors (Lipinski definition) is 13. The zero-order valence-electron chi connectivity index (χ0n) is 19.0. The van der Waals surface area contributed by atoms with Gasteiger partial charge in [-0.3, -0.25) is 9.09 Å². The lowest BCUT2D eigenvalue weighted by atomic mass is 10.2. The van der Waals surface area contributed by atoms with Gasteiger partial charge in [0.05, 0.1) is 19.3 Å². The Morgan fingerprint density at radius 3 is 2.54 bits per heavy atom. The van der Waals surface area contributed by atoms with Gasteiger partial charge in [-0.1, -0.05) is 18.2 Å². The molecule has 0 aromatic carbocycles. The molecule has 0 spiro atoms. The van der Waals surface area contributed by atoms with E-state index >= 15 is 0 Å². The molecule has 3 unspecified atom stereocenters. The van der Waals surface area contributed by atoms with Crippen LogP contribution in [0.5, 0.6) is 0 Å². The van der Waals surface area contributed by atoms with E-state index in [0.717, 1.165) is 4.57 Å². The number of rotatable bonds is 15. The van der Waals surface area contributed by atoms with Gasteiger partial charge in [-0.2, -0.15) is 13.6 Å². The maximum absolute atomic E-state index is 12.4. The minimum absolute atomic E-state index is 0.00653. The largest absolute Gasteiger partial charge is 0.490 e.